The zero-order chi connectivity index (χ0) is 17.6. The SMILES string of the molecule is CCS(=O)C1CCCC(NC(=NC)NCC2(C)CCCCC2O)C1.I. The van der Waals surface area contributed by atoms with E-state index < -0.39 is 10.8 Å². The summed E-state index contributed by atoms with van der Waals surface area (Å²) in [5.41, 5.74) is -0.0747. The van der Waals surface area contributed by atoms with Crippen LogP contribution in [-0.4, -0.2) is 52.0 Å². The van der Waals surface area contributed by atoms with Crippen molar-refractivity contribution in [3.05, 3.63) is 0 Å². The van der Waals surface area contributed by atoms with E-state index in [9.17, 15) is 9.32 Å². The standard InChI is InChI=1S/C18H35N3O2S.HI/c1-4-24(23)15-9-7-8-14(12-15)21-17(19-3)20-13-18(2)11-6-5-10-16(18)22;/h14-16,22H,4-13H2,1-3H3,(H2,19,20,21);1H. The highest BCUT2D eigenvalue weighted by Gasteiger charge is 2.35. The van der Waals surface area contributed by atoms with Crippen molar-refractivity contribution < 1.29 is 9.32 Å². The van der Waals surface area contributed by atoms with E-state index in [0.29, 0.717) is 11.3 Å². The molecule has 2 saturated carbocycles. The largest absolute Gasteiger partial charge is 0.392 e. The van der Waals surface area contributed by atoms with Gasteiger partial charge in [0.25, 0.3) is 0 Å². The quantitative estimate of drug-likeness (QED) is 0.318. The van der Waals surface area contributed by atoms with Crippen LogP contribution in [0.1, 0.15) is 65.2 Å². The highest BCUT2D eigenvalue weighted by Crippen LogP contribution is 2.35. The van der Waals surface area contributed by atoms with Crippen LogP contribution >= 0.6 is 24.0 Å². The molecule has 2 fully saturated rings. The molecule has 2 aliphatic rings. The maximum absolute atomic E-state index is 12.1. The molecule has 25 heavy (non-hydrogen) atoms. The molecule has 5 unspecified atom stereocenters. The lowest BCUT2D eigenvalue weighted by molar-refractivity contribution is 0.00394. The van der Waals surface area contributed by atoms with Crippen LogP contribution in [0.5, 0.6) is 0 Å². The molecule has 5 atom stereocenters. The summed E-state index contributed by atoms with van der Waals surface area (Å²) < 4.78 is 12.1. The fourth-order valence-corrected chi connectivity index (χ4v) is 5.36. The third-order valence-corrected chi connectivity index (χ3v) is 7.53. The Balaban J connectivity index is 0.00000312. The summed E-state index contributed by atoms with van der Waals surface area (Å²) in [6.45, 7) is 4.91. The molecule has 0 radical (unpaired) electrons. The lowest BCUT2D eigenvalue weighted by Crippen LogP contribution is -2.51. The van der Waals surface area contributed by atoms with Gasteiger partial charge in [0.2, 0.25) is 0 Å². The first-order valence-corrected chi connectivity index (χ1v) is 10.9. The maximum Gasteiger partial charge on any atom is 0.191 e. The van der Waals surface area contributed by atoms with E-state index in [1.807, 2.05) is 6.92 Å². The Labute approximate surface area is 172 Å². The summed E-state index contributed by atoms with van der Waals surface area (Å²) in [5.74, 6) is 1.56. The van der Waals surface area contributed by atoms with E-state index in [2.05, 4.69) is 22.5 Å². The first-order valence-electron chi connectivity index (χ1n) is 9.51. The van der Waals surface area contributed by atoms with Gasteiger partial charge >= 0.3 is 0 Å². The number of hydrogen-bond donors (Lipinski definition) is 3. The molecule has 0 heterocycles. The van der Waals surface area contributed by atoms with Gasteiger partial charge in [0.15, 0.2) is 5.96 Å². The minimum Gasteiger partial charge on any atom is -0.392 e. The number of rotatable bonds is 5. The first kappa shape index (κ1) is 23.1. The molecule has 0 saturated heterocycles. The lowest BCUT2D eigenvalue weighted by atomic mass is 9.73. The van der Waals surface area contributed by atoms with E-state index in [-0.39, 0.29) is 35.5 Å². The Morgan fingerprint density at radius 2 is 2.04 bits per heavy atom. The molecule has 0 spiro atoms. The number of hydrogen-bond acceptors (Lipinski definition) is 3. The van der Waals surface area contributed by atoms with Crippen LogP contribution in [0.3, 0.4) is 0 Å². The fraction of sp³-hybridized carbons (Fsp3) is 0.944. The van der Waals surface area contributed by atoms with Crippen molar-refractivity contribution in [1.29, 1.82) is 0 Å². The topological polar surface area (TPSA) is 73.7 Å². The molecule has 2 rings (SSSR count). The average Bonchev–Trinajstić information content (AvgIpc) is 2.61. The smallest absolute Gasteiger partial charge is 0.191 e. The molecule has 0 aliphatic heterocycles. The Morgan fingerprint density at radius 3 is 2.68 bits per heavy atom. The van der Waals surface area contributed by atoms with Crippen LogP contribution in [0.2, 0.25) is 0 Å². The van der Waals surface area contributed by atoms with Gasteiger partial charge in [-0.25, -0.2) is 0 Å². The lowest BCUT2D eigenvalue weighted by Gasteiger charge is -2.39. The van der Waals surface area contributed by atoms with Gasteiger partial charge in [0.1, 0.15) is 0 Å². The molecule has 7 heteroatoms. The highest BCUT2D eigenvalue weighted by molar-refractivity contribution is 14.0. The molecule has 148 valence electrons. The predicted octanol–water partition coefficient (Wildman–Crippen LogP) is 2.79. The van der Waals surface area contributed by atoms with Crippen LogP contribution < -0.4 is 10.6 Å². The summed E-state index contributed by atoms with van der Waals surface area (Å²) in [6.07, 6.45) is 8.31. The molecule has 5 nitrogen and oxygen atoms in total. The van der Waals surface area contributed by atoms with Crippen molar-refractivity contribution in [1.82, 2.24) is 10.6 Å². The maximum atomic E-state index is 12.1. The van der Waals surface area contributed by atoms with E-state index in [4.69, 9.17) is 0 Å². The van der Waals surface area contributed by atoms with Gasteiger partial charge in [0.05, 0.1) is 6.10 Å². The van der Waals surface area contributed by atoms with Crippen molar-refractivity contribution in [2.45, 2.75) is 82.6 Å². The number of nitrogens with one attached hydrogen (secondary N) is 2. The predicted molar refractivity (Wildman–Crippen MR) is 117 cm³/mol. The van der Waals surface area contributed by atoms with Crippen LogP contribution in [0.15, 0.2) is 4.99 Å². The van der Waals surface area contributed by atoms with Gasteiger partial charge in [-0.15, -0.1) is 24.0 Å². The molecular weight excluding hydrogens is 449 g/mol. The van der Waals surface area contributed by atoms with Gasteiger partial charge in [-0.2, -0.15) is 0 Å². The van der Waals surface area contributed by atoms with Crippen molar-refractivity contribution >= 4 is 40.7 Å². The van der Waals surface area contributed by atoms with E-state index >= 15 is 0 Å². The van der Waals surface area contributed by atoms with Crippen molar-refractivity contribution in [2.24, 2.45) is 10.4 Å². The molecule has 0 amide bonds. The zero-order valence-corrected chi connectivity index (χ0v) is 19.1. The van der Waals surface area contributed by atoms with E-state index in [1.54, 1.807) is 7.05 Å². The van der Waals surface area contributed by atoms with Crippen LogP contribution in [0.4, 0.5) is 0 Å². The molecular formula is C18H36IN3O2S. The number of aliphatic hydroxyl groups is 1. The van der Waals surface area contributed by atoms with Gasteiger partial charge in [0, 0.05) is 46.9 Å². The summed E-state index contributed by atoms with van der Waals surface area (Å²) in [4.78, 5) is 4.35. The summed E-state index contributed by atoms with van der Waals surface area (Å²) in [5, 5.41) is 17.6. The normalized spacial score (nSPS) is 34.7. The van der Waals surface area contributed by atoms with E-state index in [1.165, 1.54) is 6.42 Å². The Morgan fingerprint density at radius 1 is 1.28 bits per heavy atom. The number of aliphatic hydroxyl groups excluding tert-OH is 1. The summed E-state index contributed by atoms with van der Waals surface area (Å²) >= 11 is 0. The number of halogens is 1. The highest BCUT2D eigenvalue weighted by atomic mass is 127. The third kappa shape index (κ3) is 6.65. The van der Waals surface area contributed by atoms with Gasteiger partial charge < -0.3 is 15.7 Å². The zero-order valence-electron chi connectivity index (χ0n) is 15.9. The Bertz CT molecular complexity index is 464. The minimum absolute atomic E-state index is 0. The van der Waals surface area contributed by atoms with Crippen LogP contribution in [0.25, 0.3) is 0 Å². The second kappa shape index (κ2) is 11.1. The summed E-state index contributed by atoms with van der Waals surface area (Å²) in [6, 6.07) is 0.342. The van der Waals surface area contributed by atoms with Crippen LogP contribution in [0, 0.1) is 5.41 Å². The molecule has 0 aromatic carbocycles. The summed E-state index contributed by atoms with van der Waals surface area (Å²) in [7, 11) is 1.09. The second-order valence-electron chi connectivity index (χ2n) is 7.64. The number of aliphatic imine (C=N–C) groups is 1. The third-order valence-electron chi connectivity index (χ3n) is 5.79. The second-order valence-corrected chi connectivity index (χ2v) is 9.65. The van der Waals surface area contributed by atoms with Crippen molar-refractivity contribution in [3.63, 3.8) is 0 Å². The van der Waals surface area contributed by atoms with Crippen molar-refractivity contribution in [2.75, 3.05) is 19.3 Å². The van der Waals surface area contributed by atoms with Gasteiger partial charge in [-0.1, -0.05) is 33.1 Å². The van der Waals surface area contributed by atoms with Gasteiger partial charge in [-0.3, -0.25) is 9.20 Å². The molecule has 0 aromatic rings. The van der Waals surface area contributed by atoms with Crippen molar-refractivity contribution in [3.8, 4) is 0 Å². The number of guanidine groups is 1. The Hall–Kier alpha value is 0.110. The molecule has 0 aromatic heterocycles. The first-order chi connectivity index (χ1) is 11.5. The molecule has 0 bridgehead atoms. The minimum atomic E-state index is -0.703. The Kier molecular flexibility index (Phi) is 10.2. The molecule has 2 aliphatic carbocycles. The fourth-order valence-electron chi connectivity index (χ4n) is 4.01. The average molecular weight is 485 g/mol. The van der Waals surface area contributed by atoms with E-state index in [0.717, 1.165) is 63.2 Å². The van der Waals surface area contributed by atoms with Crippen LogP contribution in [-0.2, 0) is 10.8 Å². The molecule has 3 N–H and O–H groups in total. The van der Waals surface area contributed by atoms with Gasteiger partial charge in [-0.05, 0) is 32.1 Å². The monoisotopic (exact) mass is 485 g/mol. The number of nitrogens with zero attached hydrogens (tertiary/aromatic N) is 1.